The highest BCUT2D eigenvalue weighted by Crippen LogP contribution is 2.50. The van der Waals surface area contributed by atoms with Gasteiger partial charge >= 0.3 is 12.2 Å². The quantitative estimate of drug-likeness (QED) is 0.103. The highest BCUT2D eigenvalue weighted by molar-refractivity contribution is 5.80. The first-order valence-corrected chi connectivity index (χ1v) is 19.9. The smallest absolute Gasteiger partial charge is 0.410 e. The Morgan fingerprint density at radius 1 is 0.633 bits per heavy atom. The van der Waals surface area contributed by atoms with Crippen molar-refractivity contribution >= 4 is 34.9 Å². The van der Waals surface area contributed by atoms with Crippen LogP contribution in [0.1, 0.15) is 41.5 Å². The van der Waals surface area contributed by atoms with Gasteiger partial charge in [-0.15, -0.1) is 0 Å². The molecule has 0 unspecified atom stereocenters. The number of carbonyl (C=O) groups is 2. The maximum atomic E-state index is 12.8. The third kappa shape index (κ3) is 8.87. The van der Waals surface area contributed by atoms with E-state index in [0.29, 0.717) is 23.0 Å². The Kier molecular flexibility index (Phi) is 11.8. The topological polar surface area (TPSA) is 199 Å². The molecule has 0 saturated carbocycles. The van der Waals surface area contributed by atoms with Crippen molar-refractivity contribution in [3.8, 4) is 23.0 Å². The molecule has 60 heavy (non-hydrogen) atoms. The zero-order valence-electron chi connectivity index (χ0n) is 34.6. The predicted octanol–water partition coefficient (Wildman–Crippen LogP) is 7.83. The molecule has 4 aromatic rings. The van der Waals surface area contributed by atoms with Crippen LogP contribution in [0, 0.1) is 0 Å². The van der Waals surface area contributed by atoms with Gasteiger partial charge < -0.3 is 54.5 Å². The summed E-state index contributed by atoms with van der Waals surface area (Å²) >= 11 is 0. The largest absolute Gasteiger partial charge is 0.453 e. The summed E-state index contributed by atoms with van der Waals surface area (Å²) in [4.78, 5) is 35.5. The number of anilines is 4. The number of carbonyl (C=O) groups excluding carboxylic acids is 2. The Morgan fingerprint density at radius 2 is 0.983 bits per heavy atom. The van der Waals surface area contributed by atoms with Crippen molar-refractivity contribution in [1.82, 2.24) is 9.80 Å². The van der Waals surface area contributed by atoms with Crippen LogP contribution >= 0.6 is 0 Å². The Balaban J connectivity index is 0.000000182. The molecule has 6 atom stereocenters. The molecule has 0 bridgehead atoms. The van der Waals surface area contributed by atoms with Gasteiger partial charge in [0.05, 0.1) is 59.1 Å². The lowest BCUT2D eigenvalue weighted by atomic mass is 9.94. The fraction of sp³-hybridized carbons (Fsp3) is 0.409. The van der Waals surface area contributed by atoms with E-state index in [2.05, 4.69) is 10.0 Å². The van der Waals surface area contributed by atoms with E-state index in [1.807, 2.05) is 128 Å². The summed E-state index contributed by atoms with van der Waals surface area (Å²) in [5.41, 5.74) is 17.2. The van der Waals surface area contributed by atoms with Crippen molar-refractivity contribution in [2.75, 3.05) is 36.0 Å². The van der Waals surface area contributed by atoms with E-state index in [0.717, 1.165) is 22.7 Å². The number of likely N-dealkylation sites (tertiary alicyclic amines) is 2. The van der Waals surface area contributed by atoms with Crippen molar-refractivity contribution in [2.24, 2.45) is 10.8 Å². The lowest BCUT2D eigenvalue weighted by Gasteiger charge is -2.47. The molecular weight excluding hydrogens is 769 g/mol. The van der Waals surface area contributed by atoms with E-state index in [9.17, 15) is 19.8 Å². The number of azide groups is 1. The van der Waals surface area contributed by atoms with Crippen molar-refractivity contribution in [1.29, 1.82) is 0 Å². The lowest BCUT2D eigenvalue weighted by molar-refractivity contribution is -0.00225. The number of aliphatic hydroxyl groups is 2. The molecule has 2 saturated heterocycles. The molecule has 2 amide bonds. The Bertz CT molecular complexity index is 2160. The van der Waals surface area contributed by atoms with Crippen molar-refractivity contribution in [2.45, 2.75) is 89.1 Å². The van der Waals surface area contributed by atoms with Gasteiger partial charge in [0.1, 0.15) is 11.2 Å². The first-order valence-electron chi connectivity index (χ1n) is 19.9. The summed E-state index contributed by atoms with van der Waals surface area (Å²) < 4.78 is 23.2. The van der Waals surface area contributed by atoms with Gasteiger partial charge in [-0.2, -0.15) is 0 Å². The van der Waals surface area contributed by atoms with Crippen LogP contribution in [0.25, 0.3) is 10.4 Å². The number of hydrogen-bond acceptors (Lipinski definition) is 12. The van der Waals surface area contributed by atoms with Gasteiger partial charge in [-0.05, 0) is 95.6 Å². The van der Waals surface area contributed by atoms with E-state index in [4.69, 9.17) is 30.2 Å². The highest BCUT2D eigenvalue weighted by atomic mass is 16.6. The second-order valence-electron chi connectivity index (χ2n) is 17.1. The molecule has 4 N–H and O–H groups in total. The summed E-state index contributed by atoms with van der Waals surface area (Å²) in [6, 6.07) is 27.9. The number of nitrogens with zero attached hydrogens (tertiary/aromatic N) is 7. The first kappa shape index (κ1) is 42.0. The number of ether oxygens (including phenoxy) is 4. The number of nitrogens with two attached hydrogens (primary N) is 1. The molecule has 4 heterocycles. The Hall–Kier alpha value is -6.19. The molecule has 16 heteroatoms. The van der Waals surface area contributed by atoms with Gasteiger partial charge in [0.25, 0.3) is 0 Å². The summed E-state index contributed by atoms with van der Waals surface area (Å²) in [6.45, 7) is 11.6. The van der Waals surface area contributed by atoms with Crippen LogP contribution in [0.2, 0.25) is 0 Å². The number of aliphatic hydroxyl groups excluding tert-OH is 2. The zero-order chi connectivity index (χ0) is 42.9. The van der Waals surface area contributed by atoms with Crippen molar-refractivity contribution < 1.29 is 38.7 Å². The molecule has 8 rings (SSSR count). The van der Waals surface area contributed by atoms with Crippen LogP contribution in [-0.2, 0) is 9.47 Å². The summed E-state index contributed by atoms with van der Waals surface area (Å²) in [5.74, 6) is 2.67. The molecule has 0 aliphatic carbocycles. The minimum Gasteiger partial charge on any atom is -0.453 e. The van der Waals surface area contributed by atoms with E-state index < -0.39 is 59.8 Å². The molecule has 16 nitrogen and oxygen atoms in total. The standard InChI is InChI=1S/C22H25N5O4.C22H27N3O4/c1-22(2,3)31-21(29)26-12-14(24-25-23)20(28)17(13-26)27-15-8-4-6-10-18(15)30-19-11-7-5-9-16(19)27;1-22(2,3)29-21(27)24-12-14(23)20(26)17(13-24)25-15-8-4-6-10-18(15)28-19-11-7-5-9-16(19)25/h4-11,14,17,20,28H,12-13H2,1-3H3;4-11,14,17,20,26H,12-13,23H2,1-3H3/t2*14-,17+,20+/m11/s1. The van der Waals surface area contributed by atoms with E-state index in [-0.39, 0.29) is 26.2 Å². The number of benzene rings is 4. The molecule has 4 aromatic carbocycles. The van der Waals surface area contributed by atoms with Crippen molar-refractivity contribution in [3.63, 3.8) is 0 Å². The van der Waals surface area contributed by atoms with Crippen LogP contribution in [0.15, 0.2) is 102 Å². The summed E-state index contributed by atoms with van der Waals surface area (Å²) in [5, 5.41) is 25.9. The average molecular weight is 821 g/mol. The van der Waals surface area contributed by atoms with Gasteiger partial charge in [0.15, 0.2) is 23.0 Å². The SMILES string of the molecule is CC(C)(C)OC(=O)N1C[C@@H](N)[C@H](O)[C@@H](N2c3ccccc3Oc3ccccc32)C1.CC(C)(C)OC(=O)N1C[C@@H](N=[N+]=[N-])[C@H](O)[C@@H](N2c3ccccc3Oc3ccccc32)C1. The van der Waals surface area contributed by atoms with Gasteiger partial charge in [-0.25, -0.2) is 9.59 Å². The number of piperidine rings is 2. The Morgan fingerprint density at radius 3 is 1.35 bits per heavy atom. The fourth-order valence-corrected chi connectivity index (χ4v) is 7.83. The molecular formula is C44H52N8O8. The van der Waals surface area contributed by atoms with Crippen LogP contribution < -0.4 is 25.0 Å². The van der Waals surface area contributed by atoms with Crippen LogP contribution in [0.4, 0.5) is 32.3 Å². The van der Waals surface area contributed by atoms with E-state index in [1.54, 1.807) is 25.7 Å². The molecule has 0 radical (unpaired) electrons. The number of fused-ring (bicyclic) bond motifs is 4. The first-order chi connectivity index (χ1) is 28.5. The second-order valence-corrected chi connectivity index (χ2v) is 17.1. The molecule has 0 spiro atoms. The fourth-order valence-electron chi connectivity index (χ4n) is 7.83. The van der Waals surface area contributed by atoms with Crippen LogP contribution in [-0.4, -0.2) is 106 Å². The summed E-state index contributed by atoms with van der Waals surface area (Å²) in [6.07, 6.45) is -2.78. The molecule has 4 aliphatic rings. The van der Waals surface area contributed by atoms with Crippen molar-refractivity contribution in [3.05, 3.63) is 108 Å². The van der Waals surface area contributed by atoms with Gasteiger partial charge in [0, 0.05) is 31.1 Å². The van der Waals surface area contributed by atoms with E-state index >= 15 is 0 Å². The minimum absolute atomic E-state index is 0.0737. The minimum atomic E-state index is -1.01. The Labute approximate surface area is 349 Å². The zero-order valence-corrected chi connectivity index (χ0v) is 34.6. The number of para-hydroxylation sites is 8. The molecule has 4 aliphatic heterocycles. The number of rotatable bonds is 3. The maximum absolute atomic E-state index is 12.8. The van der Waals surface area contributed by atoms with E-state index in [1.165, 1.54) is 4.90 Å². The monoisotopic (exact) mass is 820 g/mol. The number of amides is 2. The van der Waals surface area contributed by atoms with Crippen LogP contribution in [0.5, 0.6) is 23.0 Å². The van der Waals surface area contributed by atoms with Crippen LogP contribution in [0.3, 0.4) is 0 Å². The average Bonchev–Trinajstić information content (AvgIpc) is 3.20. The normalized spacial score (nSPS) is 23.1. The highest BCUT2D eigenvalue weighted by Gasteiger charge is 2.45. The van der Waals surface area contributed by atoms with Gasteiger partial charge in [-0.1, -0.05) is 53.6 Å². The lowest BCUT2D eigenvalue weighted by Crippen LogP contribution is -2.64. The maximum Gasteiger partial charge on any atom is 0.410 e. The molecule has 0 aromatic heterocycles. The van der Waals surface area contributed by atoms with Gasteiger partial charge in [-0.3, -0.25) is 0 Å². The number of hydrogen-bond donors (Lipinski definition) is 3. The third-order valence-corrected chi connectivity index (χ3v) is 10.4. The van der Waals surface area contributed by atoms with Gasteiger partial charge in [0.2, 0.25) is 0 Å². The predicted molar refractivity (Wildman–Crippen MR) is 226 cm³/mol. The molecule has 2 fully saturated rings. The third-order valence-electron chi connectivity index (χ3n) is 10.4. The molecule has 316 valence electrons. The second kappa shape index (κ2) is 16.8. The summed E-state index contributed by atoms with van der Waals surface area (Å²) in [7, 11) is 0.